The second kappa shape index (κ2) is 8.72. The standard InChI is InChI=1S/C16H24BrNO/c17-10-5-1-2-6-11-18-13-16-15-8-4-3-7-14(15)9-12-19-16/h3-4,7-8,16,18H,1-2,5-6,9-13H2. The summed E-state index contributed by atoms with van der Waals surface area (Å²) in [7, 11) is 0. The summed E-state index contributed by atoms with van der Waals surface area (Å²) in [6.45, 7) is 2.90. The predicted molar refractivity (Wildman–Crippen MR) is 84.0 cm³/mol. The Labute approximate surface area is 125 Å². The lowest BCUT2D eigenvalue weighted by molar-refractivity contribution is 0.0426. The van der Waals surface area contributed by atoms with Crippen molar-refractivity contribution in [2.24, 2.45) is 0 Å². The molecule has 1 aromatic rings. The van der Waals surface area contributed by atoms with Crippen molar-refractivity contribution in [3.63, 3.8) is 0 Å². The molecular weight excluding hydrogens is 302 g/mol. The van der Waals surface area contributed by atoms with Gasteiger partial charge in [0.15, 0.2) is 0 Å². The number of halogens is 1. The maximum Gasteiger partial charge on any atom is 0.0952 e. The van der Waals surface area contributed by atoms with Crippen LogP contribution in [0.5, 0.6) is 0 Å². The van der Waals surface area contributed by atoms with Crippen LogP contribution >= 0.6 is 15.9 Å². The third-order valence-electron chi connectivity index (χ3n) is 3.66. The fourth-order valence-corrected chi connectivity index (χ4v) is 2.97. The van der Waals surface area contributed by atoms with E-state index in [1.807, 2.05) is 0 Å². The zero-order valence-corrected chi connectivity index (χ0v) is 13.1. The van der Waals surface area contributed by atoms with Crippen LogP contribution in [0.4, 0.5) is 0 Å². The van der Waals surface area contributed by atoms with Gasteiger partial charge in [-0.2, -0.15) is 0 Å². The van der Waals surface area contributed by atoms with Crippen molar-refractivity contribution in [2.45, 2.75) is 38.2 Å². The smallest absolute Gasteiger partial charge is 0.0952 e. The Kier molecular flexibility index (Phi) is 6.90. The fourth-order valence-electron chi connectivity index (χ4n) is 2.58. The Bertz CT molecular complexity index is 370. The van der Waals surface area contributed by atoms with Crippen LogP contribution in [-0.2, 0) is 11.2 Å². The van der Waals surface area contributed by atoms with E-state index >= 15 is 0 Å². The maximum atomic E-state index is 5.88. The summed E-state index contributed by atoms with van der Waals surface area (Å²) in [6, 6.07) is 8.67. The first-order chi connectivity index (χ1) is 9.42. The largest absolute Gasteiger partial charge is 0.372 e. The van der Waals surface area contributed by atoms with Gasteiger partial charge in [0.1, 0.15) is 0 Å². The van der Waals surface area contributed by atoms with Gasteiger partial charge in [0, 0.05) is 11.9 Å². The lowest BCUT2D eigenvalue weighted by Crippen LogP contribution is -2.28. The number of alkyl halides is 1. The molecule has 0 saturated heterocycles. The Morgan fingerprint density at radius 2 is 2.00 bits per heavy atom. The fraction of sp³-hybridized carbons (Fsp3) is 0.625. The zero-order valence-electron chi connectivity index (χ0n) is 11.5. The summed E-state index contributed by atoms with van der Waals surface area (Å²) in [5.74, 6) is 0. The maximum absolute atomic E-state index is 5.88. The summed E-state index contributed by atoms with van der Waals surface area (Å²) < 4.78 is 5.88. The molecule has 1 atom stereocenters. The van der Waals surface area contributed by atoms with Crippen molar-refractivity contribution in [3.8, 4) is 0 Å². The van der Waals surface area contributed by atoms with Gasteiger partial charge < -0.3 is 10.1 Å². The monoisotopic (exact) mass is 325 g/mol. The average molecular weight is 326 g/mol. The van der Waals surface area contributed by atoms with Gasteiger partial charge in [-0.05, 0) is 36.9 Å². The summed E-state index contributed by atoms with van der Waals surface area (Å²) >= 11 is 3.47. The normalized spacial score (nSPS) is 18.3. The lowest BCUT2D eigenvalue weighted by Gasteiger charge is -2.26. The van der Waals surface area contributed by atoms with Crippen LogP contribution in [0.3, 0.4) is 0 Å². The highest BCUT2D eigenvalue weighted by atomic mass is 79.9. The van der Waals surface area contributed by atoms with E-state index in [1.54, 1.807) is 0 Å². The van der Waals surface area contributed by atoms with Gasteiger partial charge in [0.05, 0.1) is 12.7 Å². The molecule has 0 amide bonds. The van der Waals surface area contributed by atoms with Crippen LogP contribution in [0.15, 0.2) is 24.3 Å². The molecular formula is C16H24BrNO. The number of benzene rings is 1. The number of hydrogen-bond donors (Lipinski definition) is 1. The van der Waals surface area contributed by atoms with E-state index in [4.69, 9.17) is 4.74 Å². The van der Waals surface area contributed by atoms with E-state index in [0.717, 1.165) is 31.4 Å². The van der Waals surface area contributed by atoms with E-state index in [9.17, 15) is 0 Å². The van der Waals surface area contributed by atoms with Gasteiger partial charge in [-0.3, -0.25) is 0 Å². The molecule has 2 nitrogen and oxygen atoms in total. The van der Waals surface area contributed by atoms with Crippen molar-refractivity contribution in [1.82, 2.24) is 5.32 Å². The van der Waals surface area contributed by atoms with E-state index in [-0.39, 0.29) is 6.10 Å². The van der Waals surface area contributed by atoms with Gasteiger partial charge in [0.25, 0.3) is 0 Å². The number of rotatable bonds is 8. The van der Waals surface area contributed by atoms with E-state index < -0.39 is 0 Å². The molecule has 1 aliphatic rings. The summed E-state index contributed by atoms with van der Waals surface area (Å²) in [5, 5.41) is 4.67. The van der Waals surface area contributed by atoms with Gasteiger partial charge in [-0.15, -0.1) is 0 Å². The molecule has 0 bridgehead atoms. The van der Waals surface area contributed by atoms with Crippen molar-refractivity contribution in [1.29, 1.82) is 0 Å². The number of nitrogens with one attached hydrogen (secondary N) is 1. The highest BCUT2D eigenvalue weighted by molar-refractivity contribution is 9.09. The molecule has 3 heteroatoms. The van der Waals surface area contributed by atoms with Crippen LogP contribution in [0, 0.1) is 0 Å². The van der Waals surface area contributed by atoms with Gasteiger partial charge in [-0.25, -0.2) is 0 Å². The molecule has 0 spiro atoms. The Morgan fingerprint density at radius 3 is 2.89 bits per heavy atom. The molecule has 1 unspecified atom stereocenters. The van der Waals surface area contributed by atoms with Crippen LogP contribution in [0.2, 0.25) is 0 Å². The highest BCUT2D eigenvalue weighted by Gasteiger charge is 2.19. The average Bonchev–Trinajstić information content (AvgIpc) is 2.46. The van der Waals surface area contributed by atoms with E-state index in [0.29, 0.717) is 0 Å². The predicted octanol–water partition coefficient (Wildman–Crippen LogP) is 3.85. The second-order valence-corrected chi connectivity index (χ2v) is 5.91. The molecule has 106 valence electrons. The number of ether oxygens (including phenoxy) is 1. The first-order valence-electron chi connectivity index (χ1n) is 7.38. The third-order valence-corrected chi connectivity index (χ3v) is 4.22. The number of hydrogen-bond acceptors (Lipinski definition) is 2. The molecule has 0 radical (unpaired) electrons. The second-order valence-electron chi connectivity index (χ2n) is 5.12. The first-order valence-corrected chi connectivity index (χ1v) is 8.50. The highest BCUT2D eigenvalue weighted by Crippen LogP contribution is 2.26. The van der Waals surface area contributed by atoms with Crippen LogP contribution in [0.25, 0.3) is 0 Å². The Balaban J connectivity index is 1.67. The number of fused-ring (bicyclic) bond motifs is 1. The van der Waals surface area contributed by atoms with Gasteiger partial charge >= 0.3 is 0 Å². The van der Waals surface area contributed by atoms with Crippen LogP contribution in [0.1, 0.15) is 42.9 Å². The first kappa shape index (κ1) is 15.0. The molecule has 19 heavy (non-hydrogen) atoms. The number of unbranched alkanes of at least 4 members (excludes halogenated alkanes) is 3. The van der Waals surface area contributed by atoms with E-state index in [1.165, 1.54) is 36.8 Å². The molecule has 1 heterocycles. The van der Waals surface area contributed by atoms with Gasteiger partial charge in [0.2, 0.25) is 0 Å². The molecule has 0 saturated carbocycles. The lowest BCUT2D eigenvalue weighted by atomic mass is 9.97. The minimum atomic E-state index is 0.243. The van der Waals surface area contributed by atoms with Crippen molar-refractivity contribution in [2.75, 3.05) is 25.0 Å². The van der Waals surface area contributed by atoms with Crippen molar-refractivity contribution in [3.05, 3.63) is 35.4 Å². The van der Waals surface area contributed by atoms with E-state index in [2.05, 4.69) is 45.5 Å². The summed E-state index contributed by atoms with van der Waals surface area (Å²) in [6.07, 6.45) is 6.50. The van der Waals surface area contributed by atoms with Crippen molar-refractivity contribution < 1.29 is 4.74 Å². The molecule has 0 aliphatic carbocycles. The van der Waals surface area contributed by atoms with Crippen LogP contribution in [-0.4, -0.2) is 25.0 Å². The molecule has 1 aliphatic heterocycles. The SMILES string of the molecule is BrCCCCCCNCC1OCCc2ccccc21. The molecule has 0 fully saturated rings. The quantitative estimate of drug-likeness (QED) is 0.579. The molecule has 2 rings (SSSR count). The Hall–Kier alpha value is -0.380. The topological polar surface area (TPSA) is 21.3 Å². The van der Waals surface area contributed by atoms with Gasteiger partial charge in [-0.1, -0.05) is 53.0 Å². The minimum absolute atomic E-state index is 0.243. The molecule has 0 aromatic heterocycles. The summed E-state index contributed by atoms with van der Waals surface area (Å²) in [5.41, 5.74) is 2.83. The zero-order chi connectivity index (χ0) is 13.3. The molecule has 1 N–H and O–H groups in total. The Morgan fingerprint density at radius 1 is 1.16 bits per heavy atom. The summed E-state index contributed by atoms with van der Waals surface area (Å²) in [4.78, 5) is 0. The van der Waals surface area contributed by atoms with Crippen molar-refractivity contribution >= 4 is 15.9 Å². The third kappa shape index (κ3) is 4.90. The van der Waals surface area contributed by atoms with Crippen LogP contribution < -0.4 is 5.32 Å². The minimum Gasteiger partial charge on any atom is -0.372 e. The molecule has 1 aromatic carbocycles.